The summed E-state index contributed by atoms with van der Waals surface area (Å²) in [5.74, 6) is -0.821. The lowest BCUT2D eigenvalue weighted by atomic mass is 10.1. The Morgan fingerprint density at radius 2 is 1.25 bits per heavy atom. The quantitative estimate of drug-likeness (QED) is 0.0713. The number of quaternary nitrogens is 1. The molecule has 0 fully saturated rings. The SMILES string of the molecule is CCCCCCCCC(=O)OCC(COP(=O)(O)OCC[N+](C)(C)C)OC(=O)CCCCCCCC. The molecular weight excluding hydrogens is 485 g/mol. The third kappa shape index (κ3) is 23.4. The van der Waals surface area contributed by atoms with Gasteiger partial charge in [-0.15, -0.1) is 0 Å². The molecule has 0 amide bonds. The van der Waals surface area contributed by atoms with E-state index < -0.39 is 26.5 Å². The van der Waals surface area contributed by atoms with Crippen molar-refractivity contribution in [3.8, 4) is 0 Å². The number of hydrogen-bond donors (Lipinski definition) is 1. The molecule has 0 aromatic carbocycles. The van der Waals surface area contributed by atoms with Crippen molar-refractivity contribution in [2.45, 2.75) is 110 Å². The number of unbranched alkanes of at least 4 members (excludes halogenated alkanes) is 10. The predicted octanol–water partition coefficient (Wildman–Crippen LogP) is 5.78. The third-order valence-electron chi connectivity index (χ3n) is 5.64. The highest BCUT2D eigenvalue weighted by atomic mass is 31.2. The number of carbonyl (C=O) groups excluding carboxylic acids is 2. The number of nitrogens with zero attached hydrogens (tertiary/aromatic N) is 1. The number of carbonyl (C=O) groups is 2. The van der Waals surface area contributed by atoms with Crippen LogP contribution in [-0.2, 0) is 32.7 Å². The van der Waals surface area contributed by atoms with Gasteiger partial charge >= 0.3 is 19.8 Å². The van der Waals surface area contributed by atoms with Gasteiger partial charge in [-0.1, -0.05) is 78.1 Å². The molecule has 0 radical (unpaired) electrons. The van der Waals surface area contributed by atoms with E-state index in [0.29, 0.717) is 17.4 Å². The van der Waals surface area contributed by atoms with Gasteiger partial charge in [0.25, 0.3) is 0 Å². The van der Waals surface area contributed by atoms with Gasteiger partial charge in [0, 0.05) is 12.8 Å². The summed E-state index contributed by atoms with van der Waals surface area (Å²) < 4.78 is 33.6. The second kappa shape index (κ2) is 21.0. The molecule has 0 saturated carbocycles. The van der Waals surface area contributed by atoms with Gasteiger partial charge in [-0.3, -0.25) is 18.6 Å². The first kappa shape index (κ1) is 35.0. The summed E-state index contributed by atoms with van der Waals surface area (Å²) in [6, 6.07) is 0. The Balaban J connectivity index is 4.60. The lowest BCUT2D eigenvalue weighted by Gasteiger charge is -2.24. The van der Waals surface area contributed by atoms with E-state index in [2.05, 4.69) is 13.8 Å². The Kier molecular flexibility index (Phi) is 20.4. The highest BCUT2D eigenvalue weighted by molar-refractivity contribution is 7.47. The van der Waals surface area contributed by atoms with Crippen molar-refractivity contribution in [1.29, 1.82) is 0 Å². The number of rotatable bonds is 24. The topological polar surface area (TPSA) is 108 Å². The largest absolute Gasteiger partial charge is 0.472 e. The van der Waals surface area contributed by atoms with Crippen molar-refractivity contribution in [1.82, 2.24) is 0 Å². The minimum Gasteiger partial charge on any atom is -0.462 e. The minimum absolute atomic E-state index is 0.0347. The maximum Gasteiger partial charge on any atom is 0.472 e. The lowest BCUT2D eigenvalue weighted by Crippen LogP contribution is -2.37. The van der Waals surface area contributed by atoms with Gasteiger partial charge in [-0.2, -0.15) is 0 Å². The Labute approximate surface area is 219 Å². The van der Waals surface area contributed by atoms with Crippen LogP contribution in [0.5, 0.6) is 0 Å². The van der Waals surface area contributed by atoms with Crippen LogP contribution in [0.3, 0.4) is 0 Å². The van der Waals surface area contributed by atoms with Crippen LogP contribution in [0.2, 0.25) is 0 Å². The molecule has 2 atom stereocenters. The van der Waals surface area contributed by atoms with Crippen LogP contribution in [0.25, 0.3) is 0 Å². The van der Waals surface area contributed by atoms with Gasteiger partial charge in [0.15, 0.2) is 6.10 Å². The monoisotopic (exact) mass is 538 g/mol. The summed E-state index contributed by atoms with van der Waals surface area (Å²) in [5, 5.41) is 0. The molecule has 10 heteroatoms. The second-order valence-corrected chi connectivity index (χ2v) is 11.9. The molecule has 0 aliphatic heterocycles. The molecule has 36 heavy (non-hydrogen) atoms. The molecule has 0 saturated heterocycles. The average molecular weight is 539 g/mol. The number of esters is 2. The van der Waals surface area contributed by atoms with Crippen LogP contribution in [0, 0.1) is 0 Å². The minimum atomic E-state index is -4.33. The maximum absolute atomic E-state index is 12.3. The highest BCUT2D eigenvalue weighted by Crippen LogP contribution is 2.43. The Hall–Kier alpha value is -0.990. The predicted molar refractivity (Wildman–Crippen MR) is 141 cm³/mol. The molecule has 0 rings (SSSR count). The third-order valence-corrected chi connectivity index (χ3v) is 6.62. The molecule has 2 unspecified atom stereocenters. The molecule has 0 aromatic heterocycles. The van der Waals surface area contributed by atoms with E-state index in [4.69, 9.17) is 18.5 Å². The lowest BCUT2D eigenvalue weighted by molar-refractivity contribution is -0.870. The molecule has 9 nitrogen and oxygen atoms in total. The molecule has 0 spiro atoms. The van der Waals surface area contributed by atoms with Gasteiger partial charge in [0.2, 0.25) is 0 Å². The average Bonchev–Trinajstić information content (AvgIpc) is 2.79. The first-order chi connectivity index (χ1) is 17.0. The number of ether oxygens (including phenoxy) is 2. The van der Waals surface area contributed by atoms with Crippen LogP contribution in [0.4, 0.5) is 0 Å². The van der Waals surface area contributed by atoms with Crippen molar-refractivity contribution in [2.24, 2.45) is 0 Å². The van der Waals surface area contributed by atoms with Crippen molar-refractivity contribution >= 4 is 19.8 Å². The Bertz CT molecular complexity index is 624. The first-order valence-corrected chi connectivity index (χ1v) is 15.3. The molecule has 0 aliphatic rings. The summed E-state index contributed by atoms with van der Waals surface area (Å²) in [6.07, 6.45) is 12.1. The molecule has 0 aliphatic carbocycles. The molecule has 0 aromatic rings. The summed E-state index contributed by atoms with van der Waals surface area (Å²) in [6.45, 7) is 4.24. The summed E-state index contributed by atoms with van der Waals surface area (Å²) in [4.78, 5) is 34.4. The summed E-state index contributed by atoms with van der Waals surface area (Å²) >= 11 is 0. The molecule has 1 N–H and O–H groups in total. The van der Waals surface area contributed by atoms with Crippen LogP contribution in [-0.4, -0.2) is 74.9 Å². The number of hydrogen-bond acceptors (Lipinski definition) is 7. The Morgan fingerprint density at radius 1 is 0.750 bits per heavy atom. The fraction of sp³-hybridized carbons (Fsp3) is 0.923. The van der Waals surface area contributed by atoms with Crippen LogP contribution < -0.4 is 0 Å². The van der Waals surface area contributed by atoms with Gasteiger partial charge < -0.3 is 18.9 Å². The van der Waals surface area contributed by atoms with Crippen LogP contribution >= 0.6 is 7.82 Å². The normalized spacial score (nSPS) is 14.3. The van der Waals surface area contributed by atoms with E-state index >= 15 is 0 Å². The van der Waals surface area contributed by atoms with E-state index in [1.807, 2.05) is 21.1 Å². The maximum atomic E-state index is 12.3. The first-order valence-electron chi connectivity index (χ1n) is 13.8. The summed E-state index contributed by atoms with van der Waals surface area (Å²) in [7, 11) is 1.47. The smallest absolute Gasteiger partial charge is 0.462 e. The van der Waals surface area contributed by atoms with E-state index in [-0.39, 0.29) is 32.0 Å². The molecule has 0 bridgehead atoms. The standard InChI is InChI=1S/C26H52NO8P/c1-6-8-10-12-14-16-18-25(28)32-22-24(35-26(29)19-17-15-13-11-9-7-2)23-34-36(30,31)33-21-20-27(3,4)5/h24H,6-23H2,1-5H3/p+1. The van der Waals surface area contributed by atoms with E-state index in [1.54, 1.807) is 0 Å². The summed E-state index contributed by atoms with van der Waals surface area (Å²) in [5.41, 5.74) is 0. The van der Waals surface area contributed by atoms with Gasteiger partial charge in [0.1, 0.15) is 19.8 Å². The van der Waals surface area contributed by atoms with Crippen molar-refractivity contribution in [2.75, 3.05) is 47.5 Å². The van der Waals surface area contributed by atoms with Gasteiger partial charge in [-0.25, -0.2) is 4.57 Å². The van der Waals surface area contributed by atoms with Crippen LogP contribution in [0.15, 0.2) is 0 Å². The fourth-order valence-corrected chi connectivity index (χ4v) is 4.10. The molecule has 214 valence electrons. The molecular formula is C26H53NO8P+. The van der Waals surface area contributed by atoms with Crippen molar-refractivity contribution < 1.29 is 42.1 Å². The Morgan fingerprint density at radius 3 is 1.78 bits per heavy atom. The zero-order valence-corrected chi connectivity index (χ0v) is 24.4. The zero-order valence-electron chi connectivity index (χ0n) is 23.5. The zero-order chi connectivity index (χ0) is 27.3. The number of phosphoric ester groups is 1. The van der Waals surface area contributed by atoms with Crippen molar-refractivity contribution in [3.63, 3.8) is 0 Å². The number of phosphoric acid groups is 1. The van der Waals surface area contributed by atoms with E-state index in [9.17, 15) is 19.0 Å². The van der Waals surface area contributed by atoms with Crippen molar-refractivity contribution in [3.05, 3.63) is 0 Å². The highest BCUT2D eigenvalue weighted by Gasteiger charge is 2.27. The van der Waals surface area contributed by atoms with Gasteiger partial charge in [0.05, 0.1) is 27.7 Å². The van der Waals surface area contributed by atoms with E-state index in [0.717, 1.165) is 51.4 Å². The molecule has 0 heterocycles. The number of likely N-dealkylation sites (N-methyl/N-ethyl adjacent to an activating group) is 1. The van der Waals surface area contributed by atoms with Crippen LogP contribution in [0.1, 0.15) is 104 Å². The fourth-order valence-electron chi connectivity index (χ4n) is 3.36. The van der Waals surface area contributed by atoms with Gasteiger partial charge in [-0.05, 0) is 12.8 Å². The second-order valence-electron chi connectivity index (χ2n) is 10.4. The van der Waals surface area contributed by atoms with E-state index in [1.165, 1.54) is 19.3 Å².